The molecule has 1 aliphatic heterocycles. The number of benzene rings is 1. The van der Waals surface area contributed by atoms with Crippen molar-refractivity contribution in [2.75, 3.05) is 0 Å². The first-order valence-electron chi connectivity index (χ1n) is 7.46. The largest absolute Gasteiger partial charge is 0.497 e. The summed E-state index contributed by atoms with van der Waals surface area (Å²) in [6, 6.07) is 8.19. The zero-order valence-electron chi connectivity index (χ0n) is 13.3. The predicted molar refractivity (Wildman–Crippen MR) is 87.0 cm³/mol. The fourth-order valence-electron chi connectivity index (χ4n) is 2.74. The highest BCUT2D eigenvalue weighted by Gasteiger charge is 2.39. The topological polar surface area (TPSA) is 70.4 Å². The van der Waals surface area contributed by atoms with Crippen molar-refractivity contribution in [2.45, 2.75) is 43.8 Å². The van der Waals surface area contributed by atoms with Gasteiger partial charge in [-0.05, 0) is 39.3 Å². The molecule has 1 atom stereocenters. The molecule has 2 heterocycles. The Bertz CT molecular complexity index is 789. The van der Waals surface area contributed by atoms with Gasteiger partial charge in [0.1, 0.15) is 0 Å². The van der Waals surface area contributed by atoms with Gasteiger partial charge in [0.05, 0.1) is 10.5 Å². The second kappa shape index (κ2) is 5.77. The van der Waals surface area contributed by atoms with Gasteiger partial charge in [-0.25, -0.2) is 0 Å². The molecule has 1 aromatic carbocycles. The van der Waals surface area contributed by atoms with Crippen molar-refractivity contribution >= 4 is 22.6 Å². The van der Waals surface area contributed by atoms with Gasteiger partial charge in [0.15, 0.2) is 0 Å². The minimum atomic E-state index is -3.70. The predicted octanol–water partition coefficient (Wildman–Crippen LogP) is 1.42. The van der Waals surface area contributed by atoms with E-state index in [4.69, 9.17) is 9.31 Å². The third-order valence-corrected chi connectivity index (χ3v) is 5.26. The Morgan fingerprint density at radius 3 is 2.65 bits per heavy atom. The lowest BCUT2D eigenvalue weighted by Gasteiger charge is -2.37. The van der Waals surface area contributed by atoms with Gasteiger partial charge >= 0.3 is 7.12 Å². The Labute approximate surface area is 136 Å². The highest BCUT2D eigenvalue weighted by Crippen LogP contribution is 2.25. The molecule has 2 aromatic rings. The summed E-state index contributed by atoms with van der Waals surface area (Å²) in [5, 5.41) is 3.98. The van der Waals surface area contributed by atoms with Crippen LogP contribution in [-0.2, 0) is 19.3 Å². The first kappa shape index (κ1) is 16.2. The summed E-state index contributed by atoms with van der Waals surface area (Å²) < 4.78 is 37.7. The Morgan fingerprint density at radius 1 is 1.30 bits per heavy atom. The van der Waals surface area contributed by atoms with Gasteiger partial charge in [0.25, 0.3) is 10.0 Å². The van der Waals surface area contributed by atoms with Crippen molar-refractivity contribution in [1.82, 2.24) is 9.19 Å². The molecule has 3 rings (SSSR count). The molecule has 0 aliphatic carbocycles. The van der Waals surface area contributed by atoms with E-state index in [0.29, 0.717) is 5.46 Å². The van der Waals surface area contributed by atoms with Crippen molar-refractivity contribution in [1.29, 1.82) is 0 Å². The number of rotatable bonds is 3. The van der Waals surface area contributed by atoms with Gasteiger partial charge in [-0.3, -0.25) is 0 Å². The third-order valence-electron chi connectivity index (χ3n) is 3.70. The molecule has 1 fully saturated rings. The molecule has 1 unspecified atom stereocenters. The maximum absolute atomic E-state index is 12.5. The highest BCUT2D eigenvalue weighted by atomic mass is 32.2. The van der Waals surface area contributed by atoms with E-state index in [9.17, 15) is 8.42 Å². The van der Waals surface area contributed by atoms with Gasteiger partial charge in [0, 0.05) is 24.0 Å². The molecule has 1 saturated heterocycles. The first-order chi connectivity index (χ1) is 10.8. The summed E-state index contributed by atoms with van der Waals surface area (Å²) in [6.07, 6.45) is 3.72. The van der Waals surface area contributed by atoms with Gasteiger partial charge in [-0.2, -0.15) is 17.6 Å². The van der Waals surface area contributed by atoms with Crippen LogP contribution in [0.15, 0.2) is 47.6 Å². The van der Waals surface area contributed by atoms with E-state index in [1.807, 2.05) is 20.8 Å². The van der Waals surface area contributed by atoms with Crippen LogP contribution in [0.5, 0.6) is 0 Å². The number of aromatic nitrogens is 2. The van der Waals surface area contributed by atoms with Crippen LogP contribution >= 0.6 is 0 Å². The van der Waals surface area contributed by atoms with Crippen LogP contribution in [0.25, 0.3) is 0 Å². The lowest BCUT2D eigenvalue weighted by Crippen LogP contribution is -2.51. The van der Waals surface area contributed by atoms with E-state index < -0.39 is 17.1 Å². The van der Waals surface area contributed by atoms with Crippen LogP contribution in [0, 0.1) is 0 Å². The van der Waals surface area contributed by atoms with Crippen molar-refractivity contribution in [3.05, 3.63) is 42.7 Å². The zero-order valence-corrected chi connectivity index (χ0v) is 14.2. The first-order valence-corrected chi connectivity index (χ1v) is 8.90. The Morgan fingerprint density at radius 2 is 2.00 bits per heavy atom. The van der Waals surface area contributed by atoms with E-state index in [0.717, 1.165) is 10.5 Å². The van der Waals surface area contributed by atoms with Crippen molar-refractivity contribution < 1.29 is 17.7 Å². The van der Waals surface area contributed by atoms with E-state index in [2.05, 4.69) is 5.10 Å². The van der Waals surface area contributed by atoms with Crippen molar-refractivity contribution in [3.63, 3.8) is 0 Å². The monoisotopic (exact) mass is 334 g/mol. The average molecular weight is 334 g/mol. The van der Waals surface area contributed by atoms with Crippen molar-refractivity contribution in [2.24, 2.45) is 0 Å². The molecule has 23 heavy (non-hydrogen) atoms. The summed E-state index contributed by atoms with van der Waals surface area (Å²) in [5.41, 5.74) is 0.257. The normalized spacial score (nSPS) is 21.3. The molecule has 0 radical (unpaired) electrons. The van der Waals surface area contributed by atoms with Gasteiger partial charge in [-0.15, -0.1) is 0 Å². The number of hydrogen-bond acceptors (Lipinski definition) is 5. The second-order valence-electron chi connectivity index (χ2n) is 6.32. The summed E-state index contributed by atoms with van der Waals surface area (Å²) in [6.45, 7) is 5.96. The van der Waals surface area contributed by atoms with Gasteiger partial charge < -0.3 is 9.31 Å². The highest BCUT2D eigenvalue weighted by molar-refractivity contribution is 7.89. The molecule has 122 valence electrons. The molecule has 0 spiro atoms. The molecule has 0 bridgehead atoms. The maximum atomic E-state index is 12.5. The van der Waals surface area contributed by atoms with Crippen LogP contribution in [0.1, 0.15) is 27.2 Å². The Kier molecular flexibility index (Phi) is 4.08. The van der Waals surface area contributed by atoms with Crippen LogP contribution < -0.4 is 5.46 Å². The molecule has 1 aromatic heterocycles. The quantitative estimate of drug-likeness (QED) is 0.794. The fourth-order valence-corrected chi connectivity index (χ4v) is 3.88. The minimum Gasteiger partial charge on any atom is -0.405 e. The fraction of sp³-hybridized carbons (Fsp3) is 0.400. The van der Waals surface area contributed by atoms with Crippen LogP contribution in [-0.4, -0.2) is 36.4 Å². The van der Waals surface area contributed by atoms with Crippen LogP contribution in [0.3, 0.4) is 0 Å². The summed E-state index contributed by atoms with van der Waals surface area (Å²) in [5.74, 6) is 0. The Hall–Kier alpha value is -1.64. The Balaban J connectivity index is 1.89. The zero-order chi connectivity index (χ0) is 16.7. The summed E-state index contributed by atoms with van der Waals surface area (Å²) in [7, 11) is -4.32. The second-order valence-corrected chi connectivity index (χ2v) is 8.12. The maximum Gasteiger partial charge on any atom is 0.497 e. The van der Waals surface area contributed by atoms with E-state index in [1.165, 1.54) is 24.5 Å². The smallest absolute Gasteiger partial charge is 0.405 e. The molecule has 0 saturated carbocycles. The summed E-state index contributed by atoms with van der Waals surface area (Å²) in [4.78, 5) is 0.189. The standard InChI is InChI=1S/C15H19BN2O4S/c1-12-9-15(2,3)22-16(21-12)13-10-17-18(11-13)23(19,20)14-7-5-4-6-8-14/h4-8,10-12H,9H2,1-3H3. The SMILES string of the molecule is CC1CC(C)(C)OB(c2cnn(S(=O)(=O)c3ccccc3)c2)O1. The van der Waals surface area contributed by atoms with Gasteiger partial charge in [-0.1, -0.05) is 18.2 Å². The third kappa shape index (κ3) is 3.34. The van der Waals surface area contributed by atoms with E-state index in [1.54, 1.807) is 18.2 Å². The van der Waals surface area contributed by atoms with Crippen LogP contribution in [0.4, 0.5) is 0 Å². The molecular weight excluding hydrogens is 315 g/mol. The molecule has 1 aliphatic rings. The molecule has 6 nitrogen and oxygen atoms in total. The molecule has 0 amide bonds. The molecule has 0 N–H and O–H groups in total. The minimum absolute atomic E-state index is 0.0258. The summed E-state index contributed by atoms with van der Waals surface area (Å²) >= 11 is 0. The number of nitrogens with zero attached hydrogens (tertiary/aromatic N) is 2. The van der Waals surface area contributed by atoms with Crippen LogP contribution in [0.2, 0.25) is 0 Å². The van der Waals surface area contributed by atoms with E-state index >= 15 is 0 Å². The lowest BCUT2D eigenvalue weighted by molar-refractivity contribution is -0.0229. The molecular formula is C15H19BN2O4S. The lowest BCUT2D eigenvalue weighted by atomic mass is 9.77. The van der Waals surface area contributed by atoms with E-state index in [-0.39, 0.29) is 16.6 Å². The number of hydrogen-bond donors (Lipinski definition) is 0. The van der Waals surface area contributed by atoms with Gasteiger partial charge in [0.2, 0.25) is 0 Å². The van der Waals surface area contributed by atoms with Crippen molar-refractivity contribution in [3.8, 4) is 0 Å². The average Bonchev–Trinajstić information content (AvgIpc) is 2.96. The molecule has 8 heteroatoms.